The quantitative estimate of drug-likeness (QED) is 0.261. The number of rotatable bonds is 8. The number of hydrogen-bond donors (Lipinski definition) is 3. The minimum Gasteiger partial charge on any atom is -0.491 e. The first kappa shape index (κ1) is 24.8. The van der Waals surface area contributed by atoms with Crippen LogP contribution in [0, 0.1) is 0 Å². The Kier molecular flexibility index (Phi) is 6.63. The van der Waals surface area contributed by atoms with Gasteiger partial charge in [-0.15, -0.1) is 0 Å². The number of nitrogens with one attached hydrogen (secondary N) is 3. The number of pyridine rings is 2. The number of carbonyl (C=O) groups is 1. The second-order valence-corrected chi connectivity index (χ2v) is 11.1. The lowest BCUT2D eigenvalue weighted by atomic mass is 10.0. The van der Waals surface area contributed by atoms with Crippen LogP contribution in [0.4, 0.5) is 5.82 Å². The summed E-state index contributed by atoms with van der Waals surface area (Å²) in [5.74, 6) is 1.83. The minimum atomic E-state index is -0.338. The van der Waals surface area contributed by atoms with Crippen molar-refractivity contribution in [1.29, 1.82) is 0 Å². The van der Waals surface area contributed by atoms with Crippen LogP contribution in [0.5, 0.6) is 5.75 Å². The zero-order chi connectivity index (χ0) is 26.2. The molecular formula is C30H35N5O2. The van der Waals surface area contributed by atoms with Crippen molar-refractivity contribution < 1.29 is 9.53 Å². The summed E-state index contributed by atoms with van der Waals surface area (Å²) in [7, 11) is 0. The van der Waals surface area contributed by atoms with Gasteiger partial charge in [-0.2, -0.15) is 0 Å². The van der Waals surface area contributed by atoms with E-state index in [0.29, 0.717) is 23.8 Å². The molecule has 3 aromatic heterocycles. The van der Waals surface area contributed by atoms with Gasteiger partial charge >= 0.3 is 0 Å². The molecule has 0 atom stereocenters. The highest BCUT2D eigenvalue weighted by Crippen LogP contribution is 2.41. The number of benzene rings is 1. The van der Waals surface area contributed by atoms with E-state index in [4.69, 9.17) is 4.74 Å². The highest BCUT2D eigenvalue weighted by molar-refractivity contribution is 5.99. The third kappa shape index (κ3) is 5.93. The number of amides is 1. The van der Waals surface area contributed by atoms with Gasteiger partial charge in [0.25, 0.3) is 5.91 Å². The summed E-state index contributed by atoms with van der Waals surface area (Å²) in [6.07, 6.45) is 8.23. The van der Waals surface area contributed by atoms with Gasteiger partial charge in [-0.3, -0.25) is 4.79 Å². The maximum atomic E-state index is 12.9. The molecule has 7 heteroatoms. The predicted molar refractivity (Wildman–Crippen MR) is 148 cm³/mol. The summed E-state index contributed by atoms with van der Waals surface area (Å²) < 4.78 is 6.11. The Morgan fingerprint density at radius 2 is 1.97 bits per heavy atom. The van der Waals surface area contributed by atoms with Crippen molar-refractivity contribution in [3.05, 3.63) is 71.7 Å². The molecule has 0 unspecified atom stereocenters. The molecule has 0 spiro atoms. The van der Waals surface area contributed by atoms with Gasteiger partial charge in [-0.25, -0.2) is 9.97 Å². The first-order valence-corrected chi connectivity index (χ1v) is 13.0. The van der Waals surface area contributed by atoms with E-state index < -0.39 is 0 Å². The van der Waals surface area contributed by atoms with Gasteiger partial charge in [0.15, 0.2) is 0 Å². The monoisotopic (exact) mass is 497 g/mol. The molecular weight excluding hydrogens is 462 g/mol. The smallest absolute Gasteiger partial charge is 0.255 e. The fourth-order valence-corrected chi connectivity index (χ4v) is 4.48. The number of carbonyl (C=O) groups excluding carboxylic acids is 1. The number of hydrogen-bond acceptors (Lipinski definition) is 5. The topological polar surface area (TPSA) is 91.9 Å². The lowest BCUT2D eigenvalue weighted by Crippen LogP contribution is -2.40. The average molecular weight is 498 g/mol. The molecule has 1 aromatic carbocycles. The van der Waals surface area contributed by atoms with E-state index in [2.05, 4.69) is 43.8 Å². The van der Waals surface area contributed by atoms with Crippen LogP contribution in [0.25, 0.3) is 22.2 Å². The summed E-state index contributed by atoms with van der Waals surface area (Å²) >= 11 is 0. The van der Waals surface area contributed by atoms with Crippen molar-refractivity contribution in [1.82, 2.24) is 20.3 Å². The van der Waals surface area contributed by atoms with E-state index in [1.165, 1.54) is 18.4 Å². The Labute approximate surface area is 218 Å². The van der Waals surface area contributed by atoms with Crippen molar-refractivity contribution in [2.75, 3.05) is 5.32 Å². The molecule has 1 amide bonds. The molecule has 1 aliphatic rings. The van der Waals surface area contributed by atoms with Gasteiger partial charge in [0, 0.05) is 41.6 Å². The van der Waals surface area contributed by atoms with E-state index in [0.717, 1.165) is 33.5 Å². The molecule has 0 radical (unpaired) electrons. The molecule has 0 saturated heterocycles. The van der Waals surface area contributed by atoms with Crippen LogP contribution in [0.15, 0.2) is 55.0 Å². The van der Waals surface area contributed by atoms with Gasteiger partial charge in [0.2, 0.25) is 0 Å². The molecule has 1 saturated carbocycles. The lowest BCUT2D eigenvalue weighted by molar-refractivity contribution is 0.0920. The van der Waals surface area contributed by atoms with Crippen LogP contribution >= 0.6 is 0 Å². The molecule has 3 N–H and O–H groups in total. The molecule has 192 valence electrons. The molecule has 4 aromatic rings. The summed E-state index contributed by atoms with van der Waals surface area (Å²) in [6, 6.07) is 12.1. The van der Waals surface area contributed by atoms with E-state index in [1.54, 1.807) is 18.3 Å². The summed E-state index contributed by atoms with van der Waals surface area (Å²) in [5.41, 5.74) is 5.56. The zero-order valence-corrected chi connectivity index (χ0v) is 22.2. The highest BCUT2D eigenvalue weighted by Gasteiger charge is 2.25. The van der Waals surface area contributed by atoms with Crippen molar-refractivity contribution in [3.8, 4) is 16.9 Å². The Morgan fingerprint density at radius 1 is 1.16 bits per heavy atom. The maximum absolute atomic E-state index is 12.9. The summed E-state index contributed by atoms with van der Waals surface area (Å²) in [4.78, 5) is 25.3. The number of aromatic nitrogens is 3. The van der Waals surface area contributed by atoms with Gasteiger partial charge in [-0.05, 0) is 106 Å². The fraction of sp³-hybridized carbons (Fsp3) is 0.367. The van der Waals surface area contributed by atoms with Crippen LogP contribution in [-0.4, -0.2) is 32.5 Å². The number of anilines is 1. The summed E-state index contributed by atoms with van der Waals surface area (Å²) in [6.45, 7) is 10.4. The first-order valence-electron chi connectivity index (χ1n) is 13.0. The van der Waals surface area contributed by atoms with Crippen LogP contribution in [0.3, 0.4) is 0 Å². The van der Waals surface area contributed by atoms with Crippen molar-refractivity contribution in [2.45, 2.75) is 71.6 Å². The highest BCUT2D eigenvalue weighted by atomic mass is 16.5. The van der Waals surface area contributed by atoms with Gasteiger partial charge in [-0.1, -0.05) is 0 Å². The number of H-pyrrole nitrogens is 1. The standard InChI is InChI=1S/C30H35N5O2/c1-18(2)37-23-12-19(15-32-27-24(7-6-10-31-27)29(36)35-30(3,4)5)11-21(13-23)26-17-34-28-25(26)14-22(16-33-28)20-8-9-20/h6-7,10-14,16-18,20H,8-9,15H2,1-5H3,(H,31,32)(H,33,34)(H,35,36). The molecule has 1 fully saturated rings. The summed E-state index contributed by atoms with van der Waals surface area (Å²) in [5, 5.41) is 7.51. The predicted octanol–water partition coefficient (Wildman–Crippen LogP) is 6.43. The van der Waals surface area contributed by atoms with Gasteiger partial charge < -0.3 is 20.4 Å². The molecule has 0 bridgehead atoms. The number of aromatic amines is 1. The molecule has 7 nitrogen and oxygen atoms in total. The van der Waals surface area contributed by atoms with Crippen molar-refractivity contribution >= 4 is 22.8 Å². The minimum absolute atomic E-state index is 0.0469. The molecule has 5 rings (SSSR count). The second-order valence-electron chi connectivity index (χ2n) is 11.1. The Hall–Kier alpha value is -3.87. The van der Waals surface area contributed by atoms with E-state index in [-0.39, 0.29) is 17.6 Å². The molecule has 1 aliphatic carbocycles. The first-order chi connectivity index (χ1) is 17.7. The molecule has 3 heterocycles. The third-order valence-electron chi connectivity index (χ3n) is 6.25. The fourth-order valence-electron chi connectivity index (χ4n) is 4.48. The zero-order valence-electron chi connectivity index (χ0n) is 22.2. The van der Waals surface area contributed by atoms with E-state index in [1.807, 2.05) is 53.1 Å². The second kappa shape index (κ2) is 9.88. The van der Waals surface area contributed by atoms with Crippen LogP contribution < -0.4 is 15.4 Å². The normalized spacial score (nSPS) is 13.7. The lowest BCUT2D eigenvalue weighted by Gasteiger charge is -2.21. The molecule has 37 heavy (non-hydrogen) atoms. The van der Waals surface area contributed by atoms with E-state index in [9.17, 15) is 4.79 Å². The Balaban J connectivity index is 1.46. The number of fused-ring (bicyclic) bond motifs is 1. The molecule has 0 aliphatic heterocycles. The average Bonchev–Trinajstić information content (AvgIpc) is 3.60. The van der Waals surface area contributed by atoms with E-state index >= 15 is 0 Å². The SMILES string of the molecule is CC(C)Oc1cc(CNc2ncccc2C(=O)NC(C)(C)C)cc(-c2c[nH]c3ncc(C4CC4)cc23)c1. The number of ether oxygens (including phenoxy) is 1. The Bertz CT molecular complexity index is 1430. The largest absolute Gasteiger partial charge is 0.491 e. The van der Waals surface area contributed by atoms with Crippen molar-refractivity contribution in [2.24, 2.45) is 0 Å². The van der Waals surface area contributed by atoms with Crippen LogP contribution in [-0.2, 0) is 6.54 Å². The number of nitrogens with zero attached hydrogens (tertiary/aromatic N) is 2. The van der Waals surface area contributed by atoms with Crippen LogP contribution in [0.1, 0.15) is 74.9 Å². The third-order valence-corrected chi connectivity index (χ3v) is 6.25. The maximum Gasteiger partial charge on any atom is 0.255 e. The van der Waals surface area contributed by atoms with Crippen molar-refractivity contribution in [3.63, 3.8) is 0 Å². The van der Waals surface area contributed by atoms with Gasteiger partial charge in [0.1, 0.15) is 17.2 Å². The van der Waals surface area contributed by atoms with Crippen LogP contribution in [0.2, 0.25) is 0 Å². The Morgan fingerprint density at radius 3 is 2.70 bits per heavy atom. The van der Waals surface area contributed by atoms with Gasteiger partial charge in [0.05, 0.1) is 11.7 Å².